The van der Waals surface area contributed by atoms with Crippen molar-refractivity contribution in [2.24, 2.45) is 0 Å². The SMILES string of the molecule is O=C1C(c2ccccc2)=C(c2ccccc2)C(c2ccc(C(c3ccccc3)(c3ccc(C4=C(c5ccccc5)C(=O)C(c5ccccc5)=C4c4ccccc4)cc3)C(F)(F)F)cc2)=C1c1ccccc1. The number of carbonyl (C=O) groups excluding carboxylic acids is 2. The minimum absolute atomic E-state index is 0.00359. The molecule has 9 aromatic carbocycles. The Labute approximate surface area is 410 Å². The highest BCUT2D eigenvalue weighted by molar-refractivity contribution is 6.60. The van der Waals surface area contributed by atoms with Crippen molar-refractivity contribution in [3.05, 3.63) is 322 Å². The lowest BCUT2D eigenvalue weighted by molar-refractivity contribution is -0.166. The molecular formula is C66H43F3O2. The van der Waals surface area contributed by atoms with Crippen LogP contribution in [0.3, 0.4) is 0 Å². The maximum absolute atomic E-state index is 16.8. The Morgan fingerprint density at radius 2 is 0.394 bits per heavy atom. The molecule has 2 aliphatic rings. The first-order valence-electron chi connectivity index (χ1n) is 23.5. The average Bonchev–Trinajstić information content (AvgIpc) is 3.91. The summed E-state index contributed by atoms with van der Waals surface area (Å²) in [6.45, 7) is 0. The third-order valence-corrected chi connectivity index (χ3v) is 13.6. The van der Waals surface area contributed by atoms with Crippen LogP contribution in [0, 0.1) is 0 Å². The van der Waals surface area contributed by atoms with Crippen molar-refractivity contribution >= 4 is 56.2 Å². The van der Waals surface area contributed by atoms with Crippen molar-refractivity contribution in [3.63, 3.8) is 0 Å². The van der Waals surface area contributed by atoms with E-state index < -0.39 is 11.6 Å². The molecule has 0 bridgehead atoms. The van der Waals surface area contributed by atoms with Crippen LogP contribution in [-0.2, 0) is 15.0 Å². The molecule has 71 heavy (non-hydrogen) atoms. The summed E-state index contributed by atoms with van der Waals surface area (Å²) in [4.78, 5) is 29.9. The number of benzene rings is 9. The van der Waals surface area contributed by atoms with Gasteiger partial charge in [0.1, 0.15) is 5.41 Å². The maximum atomic E-state index is 16.8. The van der Waals surface area contributed by atoms with Gasteiger partial charge in [-0.2, -0.15) is 13.2 Å². The number of ketones is 2. The van der Waals surface area contributed by atoms with E-state index in [0.29, 0.717) is 66.8 Å². The van der Waals surface area contributed by atoms with Crippen molar-refractivity contribution < 1.29 is 22.8 Å². The van der Waals surface area contributed by atoms with Gasteiger partial charge in [0.15, 0.2) is 11.6 Å². The molecule has 11 rings (SSSR count). The van der Waals surface area contributed by atoms with Gasteiger partial charge in [0.2, 0.25) is 0 Å². The molecule has 9 aromatic rings. The molecule has 340 valence electrons. The summed E-state index contributed by atoms with van der Waals surface area (Å²) in [5, 5.41) is 0. The first kappa shape index (κ1) is 44.6. The van der Waals surface area contributed by atoms with Gasteiger partial charge in [0.05, 0.1) is 0 Å². The smallest absolute Gasteiger partial charge is 0.289 e. The summed E-state index contributed by atoms with van der Waals surface area (Å²) in [5.74, 6) is -0.324. The molecule has 0 saturated carbocycles. The van der Waals surface area contributed by atoms with E-state index in [-0.39, 0.29) is 28.3 Å². The Hall–Kier alpha value is -8.93. The highest BCUT2D eigenvalue weighted by Gasteiger charge is 2.58. The number of rotatable bonds is 11. The van der Waals surface area contributed by atoms with Gasteiger partial charge in [-0.15, -0.1) is 0 Å². The average molecular weight is 925 g/mol. The highest BCUT2D eigenvalue weighted by atomic mass is 19.4. The Morgan fingerprint density at radius 1 is 0.211 bits per heavy atom. The van der Waals surface area contributed by atoms with E-state index in [2.05, 4.69) is 0 Å². The summed E-state index contributed by atoms with van der Waals surface area (Å²) >= 11 is 0. The summed E-state index contributed by atoms with van der Waals surface area (Å²) in [6.07, 6.45) is -4.85. The van der Waals surface area contributed by atoms with Crippen LogP contribution in [-0.4, -0.2) is 17.7 Å². The summed E-state index contributed by atoms with van der Waals surface area (Å²) in [7, 11) is 0. The quantitative estimate of drug-likeness (QED) is 0.121. The number of halogens is 3. The van der Waals surface area contributed by atoms with Crippen molar-refractivity contribution in [2.75, 3.05) is 0 Å². The van der Waals surface area contributed by atoms with Crippen LogP contribution in [0.5, 0.6) is 0 Å². The Balaban J connectivity index is 1.11. The number of carbonyl (C=O) groups is 2. The maximum Gasteiger partial charge on any atom is 0.406 e. The van der Waals surface area contributed by atoms with E-state index in [9.17, 15) is 9.59 Å². The monoisotopic (exact) mass is 924 g/mol. The molecule has 0 saturated heterocycles. The molecule has 0 aromatic heterocycles. The highest BCUT2D eigenvalue weighted by Crippen LogP contribution is 2.55. The molecule has 5 heteroatoms. The van der Waals surface area contributed by atoms with Gasteiger partial charge in [0, 0.05) is 44.6 Å². The molecule has 0 radical (unpaired) electrons. The molecule has 0 N–H and O–H groups in total. The number of allylic oxidation sites excluding steroid dienone is 8. The second-order valence-corrected chi connectivity index (χ2v) is 17.6. The van der Waals surface area contributed by atoms with Gasteiger partial charge in [0.25, 0.3) is 0 Å². The van der Waals surface area contributed by atoms with Crippen LogP contribution in [0.4, 0.5) is 13.2 Å². The lowest BCUT2D eigenvalue weighted by Crippen LogP contribution is -2.44. The fraction of sp³-hybridized carbons (Fsp3) is 0.0303. The molecule has 0 spiro atoms. The van der Waals surface area contributed by atoms with Crippen LogP contribution in [0.1, 0.15) is 61.2 Å². The third kappa shape index (κ3) is 7.73. The summed E-state index contributed by atoms with van der Waals surface area (Å²) < 4.78 is 50.5. The Kier molecular flexibility index (Phi) is 11.6. The van der Waals surface area contributed by atoms with Gasteiger partial charge in [-0.1, -0.05) is 261 Å². The minimum atomic E-state index is -4.85. The summed E-state index contributed by atoms with van der Waals surface area (Å²) in [5.41, 5.74) is 7.87. The fourth-order valence-corrected chi connectivity index (χ4v) is 10.5. The van der Waals surface area contributed by atoms with Crippen LogP contribution >= 0.6 is 0 Å². The molecule has 2 aliphatic carbocycles. The zero-order valence-electron chi connectivity index (χ0n) is 38.3. The van der Waals surface area contributed by atoms with E-state index >= 15 is 13.2 Å². The molecule has 0 fully saturated rings. The zero-order valence-corrected chi connectivity index (χ0v) is 38.3. The Morgan fingerprint density at radius 3 is 0.620 bits per heavy atom. The molecular weight excluding hydrogens is 882 g/mol. The van der Waals surface area contributed by atoms with Crippen molar-refractivity contribution in [3.8, 4) is 0 Å². The van der Waals surface area contributed by atoms with Gasteiger partial charge in [-0.3, -0.25) is 9.59 Å². The van der Waals surface area contributed by atoms with E-state index in [1.54, 1.807) is 66.7 Å². The third-order valence-electron chi connectivity index (χ3n) is 13.6. The predicted octanol–water partition coefficient (Wildman–Crippen LogP) is 15.8. The van der Waals surface area contributed by atoms with Crippen molar-refractivity contribution in [1.29, 1.82) is 0 Å². The number of Topliss-reactive ketones (excluding diaryl/α,β-unsaturated/α-hetero) is 2. The van der Waals surface area contributed by atoms with Crippen LogP contribution < -0.4 is 0 Å². The predicted molar refractivity (Wildman–Crippen MR) is 281 cm³/mol. The Bertz CT molecular complexity index is 3350. The fourth-order valence-electron chi connectivity index (χ4n) is 10.5. The molecule has 0 atom stereocenters. The lowest BCUT2D eigenvalue weighted by Gasteiger charge is -2.38. The van der Waals surface area contributed by atoms with E-state index in [1.807, 2.05) is 182 Å². The van der Waals surface area contributed by atoms with E-state index in [0.717, 1.165) is 22.3 Å². The van der Waals surface area contributed by atoms with E-state index in [4.69, 9.17) is 0 Å². The van der Waals surface area contributed by atoms with Gasteiger partial charge >= 0.3 is 6.18 Å². The second kappa shape index (κ2) is 18.5. The summed E-state index contributed by atoms with van der Waals surface area (Å²) in [6, 6.07) is 78.4. The molecule has 2 nitrogen and oxygen atoms in total. The molecule has 0 amide bonds. The normalized spacial score (nSPS) is 14.2. The topological polar surface area (TPSA) is 34.1 Å². The van der Waals surface area contributed by atoms with Crippen molar-refractivity contribution in [1.82, 2.24) is 0 Å². The van der Waals surface area contributed by atoms with Crippen LogP contribution in [0.2, 0.25) is 0 Å². The van der Waals surface area contributed by atoms with Crippen molar-refractivity contribution in [2.45, 2.75) is 11.6 Å². The first-order valence-corrected chi connectivity index (χ1v) is 23.5. The standard InChI is InChI=1S/C66H43F3O2/c67-66(68,69)65(52-34-20-7-21-35-52,53-40-36-50(37-41-53)57-55(44-22-8-1-9-23-44)59(46-26-12-3-13-27-46)63(70)61(57)48-30-16-5-17-31-48)54-42-38-51(39-43-54)58-56(45-24-10-2-11-25-45)60(47-28-14-4-15-29-47)64(71)62(58)49-32-18-6-19-33-49/h1-43H. The lowest BCUT2D eigenvalue weighted by atomic mass is 9.68. The van der Waals surface area contributed by atoms with Crippen LogP contribution in [0.25, 0.3) is 44.6 Å². The van der Waals surface area contributed by atoms with Gasteiger partial charge in [-0.05, 0) is 61.2 Å². The number of alkyl halides is 3. The zero-order chi connectivity index (χ0) is 48.5. The number of hydrogen-bond donors (Lipinski definition) is 0. The first-order chi connectivity index (χ1) is 34.8. The molecule has 0 unspecified atom stereocenters. The molecule has 0 aliphatic heterocycles. The number of hydrogen-bond acceptors (Lipinski definition) is 2. The van der Waals surface area contributed by atoms with Gasteiger partial charge < -0.3 is 0 Å². The minimum Gasteiger partial charge on any atom is -0.289 e. The molecule has 0 heterocycles. The van der Waals surface area contributed by atoms with Crippen LogP contribution in [0.15, 0.2) is 261 Å². The van der Waals surface area contributed by atoms with Gasteiger partial charge in [-0.25, -0.2) is 0 Å². The van der Waals surface area contributed by atoms with E-state index in [1.165, 1.54) is 12.1 Å². The second-order valence-electron chi connectivity index (χ2n) is 17.6. The largest absolute Gasteiger partial charge is 0.406 e.